The number of aliphatic hydroxyl groups is 1. The SMILES string of the molecule is COc1ccc(CO)c(S(C)(=O)=O)c1. The lowest BCUT2D eigenvalue weighted by Crippen LogP contribution is -2.03. The highest BCUT2D eigenvalue weighted by atomic mass is 32.2. The van der Waals surface area contributed by atoms with Crippen molar-refractivity contribution in [2.24, 2.45) is 0 Å². The number of aliphatic hydroxyl groups excluding tert-OH is 1. The summed E-state index contributed by atoms with van der Waals surface area (Å²) < 4.78 is 27.5. The number of ether oxygens (including phenoxy) is 1. The lowest BCUT2D eigenvalue weighted by molar-refractivity contribution is 0.278. The van der Waals surface area contributed by atoms with Crippen LogP contribution in [0.4, 0.5) is 0 Å². The number of benzene rings is 1. The second-order valence-corrected chi connectivity index (χ2v) is 4.89. The average Bonchev–Trinajstić information content (AvgIpc) is 2.15. The highest BCUT2D eigenvalue weighted by Crippen LogP contribution is 2.21. The quantitative estimate of drug-likeness (QED) is 0.803. The Bertz CT molecular complexity index is 422. The summed E-state index contributed by atoms with van der Waals surface area (Å²) in [6, 6.07) is 4.55. The van der Waals surface area contributed by atoms with Crippen molar-refractivity contribution in [3.63, 3.8) is 0 Å². The number of rotatable bonds is 3. The summed E-state index contributed by atoms with van der Waals surface area (Å²) in [5, 5.41) is 8.94. The Hall–Kier alpha value is -1.07. The van der Waals surface area contributed by atoms with Crippen LogP contribution < -0.4 is 4.74 Å². The van der Waals surface area contributed by atoms with Crippen molar-refractivity contribution in [3.8, 4) is 5.75 Å². The van der Waals surface area contributed by atoms with E-state index in [-0.39, 0.29) is 11.5 Å². The Morgan fingerprint density at radius 3 is 2.50 bits per heavy atom. The fourth-order valence-corrected chi connectivity index (χ4v) is 2.08. The van der Waals surface area contributed by atoms with Gasteiger partial charge in [-0.3, -0.25) is 0 Å². The molecule has 0 bridgehead atoms. The molecule has 78 valence electrons. The molecule has 1 aromatic carbocycles. The summed E-state index contributed by atoms with van der Waals surface area (Å²) in [6.07, 6.45) is 1.10. The van der Waals surface area contributed by atoms with E-state index in [1.807, 2.05) is 0 Å². The van der Waals surface area contributed by atoms with Gasteiger partial charge >= 0.3 is 0 Å². The van der Waals surface area contributed by atoms with Gasteiger partial charge in [-0.1, -0.05) is 6.07 Å². The van der Waals surface area contributed by atoms with Gasteiger partial charge in [0.05, 0.1) is 18.6 Å². The number of hydrogen-bond donors (Lipinski definition) is 1. The van der Waals surface area contributed by atoms with E-state index in [0.29, 0.717) is 11.3 Å². The zero-order valence-electron chi connectivity index (χ0n) is 8.02. The first-order valence-corrected chi connectivity index (χ1v) is 5.86. The number of methoxy groups -OCH3 is 1. The molecule has 0 aliphatic rings. The molecule has 0 spiro atoms. The predicted octanol–water partition coefficient (Wildman–Crippen LogP) is 0.591. The first kappa shape index (κ1) is 11.0. The van der Waals surface area contributed by atoms with E-state index in [9.17, 15) is 8.42 Å². The van der Waals surface area contributed by atoms with Gasteiger partial charge in [0.15, 0.2) is 9.84 Å². The Labute approximate surface area is 83.1 Å². The lowest BCUT2D eigenvalue weighted by atomic mass is 10.2. The average molecular weight is 216 g/mol. The van der Waals surface area contributed by atoms with Gasteiger partial charge in [-0.15, -0.1) is 0 Å². The first-order valence-electron chi connectivity index (χ1n) is 3.97. The zero-order chi connectivity index (χ0) is 10.8. The Kier molecular flexibility index (Phi) is 3.13. The molecule has 0 fully saturated rings. The summed E-state index contributed by atoms with van der Waals surface area (Å²) in [6.45, 7) is -0.299. The van der Waals surface area contributed by atoms with Crippen molar-refractivity contribution in [2.45, 2.75) is 11.5 Å². The minimum absolute atomic E-state index is 0.111. The molecule has 4 nitrogen and oxygen atoms in total. The zero-order valence-corrected chi connectivity index (χ0v) is 8.84. The fourth-order valence-electron chi connectivity index (χ4n) is 1.14. The predicted molar refractivity (Wildman–Crippen MR) is 52.0 cm³/mol. The van der Waals surface area contributed by atoms with Crippen LogP contribution in [-0.4, -0.2) is 26.9 Å². The van der Waals surface area contributed by atoms with Crippen LogP contribution in [0.15, 0.2) is 23.1 Å². The van der Waals surface area contributed by atoms with Gasteiger partial charge in [0.1, 0.15) is 5.75 Å². The van der Waals surface area contributed by atoms with Crippen LogP contribution in [0.2, 0.25) is 0 Å². The van der Waals surface area contributed by atoms with E-state index < -0.39 is 9.84 Å². The summed E-state index contributed by atoms with van der Waals surface area (Å²) in [5.41, 5.74) is 0.383. The van der Waals surface area contributed by atoms with Gasteiger partial charge in [0.25, 0.3) is 0 Å². The van der Waals surface area contributed by atoms with E-state index in [0.717, 1.165) is 6.26 Å². The van der Waals surface area contributed by atoms with E-state index in [1.54, 1.807) is 6.07 Å². The van der Waals surface area contributed by atoms with Crippen molar-refractivity contribution in [1.82, 2.24) is 0 Å². The minimum atomic E-state index is -3.32. The lowest BCUT2D eigenvalue weighted by Gasteiger charge is -2.07. The Morgan fingerprint density at radius 2 is 2.07 bits per heavy atom. The molecule has 1 aromatic rings. The topological polar surface area (TPSA) is 63.6 Å². The van der Waals surface area contributed by atoms with Crippen molar-refractivity contribution in [1.29, 1.82) is 0 Å². The molecular formula is C9H12O4S. The van der Waals surface area contributed by atoms with Crippen molar-refractivity contribution >= 4 is 9.84 Å². The van der Waals surface area contributed by atoms with Crippen molar-refractivity contribution in [3.05, 3.63) is 23.8 Å². The molecule has 0 radical (unpaired) electrons. The van der Waals surface area contributed by atoms with Crippen molar-refractivity contribution in [2.75, 3.05) is 13.4 Å². The normalized spacial score (nSPS) is 11.4. The molecule has 1 N–H and O–H groups in total. The van der Waals surface area contributed by atoms with Crippen LogP contribution in [0.1, 0.15) is 5.56 Å². The molecule has 0 heterocycles. The third kappa shape index (κ3) is 2.24. The fraction of sp³-hybridized carbons (Fsp3) is 0.333. The Balaban J connectivity index is 3.37. The highest BCUT2D eigenvalue weighted by Gasteiger charge is 2.13. The molecule has 0 amide bonds. The summed E-state index contributed by atoms with van der Waals surface area (Å²) in [5.74, 6) is 0.461. The highest BCUT2D eigenvalue weighted by molar-refractivity contribution is 7.90. The van der Waals surface area contributed by atoms with Crippen LogP contribution in [-0.2, 0) is 16.4 Å². The van der Waals surface area contributed by atoms with E-state index in [2.05, 4.69) is 0 Å². The Morgan fingerprint density at radius 1 is 1.43 bits per heavy atom. The molecule has 14 heavy (non-hydrogen) atoms. The monoisotopic (exact) mass is 216 g/mol. The molecule has 0 aliphatic carbocycles. The minimum Gasteiger partial charge on any atom is -0.497 e. The maximum absolute atomic E-state index is 11.3. The van der Waals surface area contributed by atoms with Gasteiger partial charge in [0.2, 0.25) is 0 Å². The maximum Gasteiger partial charge on any atom is 0.176 e. The summed E-state index contributed by atoms with van der Waals surface area (Å²) >= 11 is 0. The third-order valence-electron chi connectivity index (χ3n) is 1.84. The number of sulfone groups is 1. The molecular weight excluding hydrogens is 204 g/mol. The van der Waals surface area contributed by atoms with Gasteiger partial charge in [-0.05, 0) is 17.7 Å². The van der Waals surface area contributed by atoms with Gasteiger partial charge < -0.3 is 9.84 Å². The molecule has 0 atom stereocenters. The standard InChI is InChI=1S/C9H12O4S/c1-13-8-4-3-7(6-10)9(5-8)14(2,11)12/h3-5,10H,6H2,1-2H3. The molecule has 0 unspecified atom stereocenters. The van der Waals surface area contributed by atoms with Gasteiger partial charge in [0, 0.05) is 6.26 Å². The molecule has 0 aromatic heterocycles. The van der Waals surface area contributed by atoms with E-state index >= 15 is 0 Å². The van der Waals surface area contributed by atoms with Crippen molar-refractivity contribution < 1.29 is 18.3 Å². The molecule has 0 saturated carbocycles. The molecule has 0 aliphatic heterocycles. The maximum atomic E-state index is 11.3. The second-order valence-electron chi connectivity index (χ2n) is 2.90. The summed E-state index contributed by atoms with van der Waals surface area (Å²) in [7, 11) is -1.86. The largest absolute Gasteiger partial charge is 0.497 e. The van der Waals surface area contributed by atoms with Crippen LogP contribution in [0.25, 0.3) is 0 Å². The van der Waals surface area contributed by atoms with E-state index in [4.69, 9.17) is 9.84 Å². The third-order valence-corrected chi connectivity index (χ3v) is 3.02. The van der Waals surface area contributed by atoms with Gasteiger partial charge in [-0.2, -0.15) is 0 Å². The molecule has 0 saturated heterocycles. The number of hydrogen-bond acceptors (Lipinski definition) is 4. The first-order chi connectivity index (χ1) is 6.49. The van der Waals surface area contributed by atoms with Crippen LogP contribution in [0.5, 0.6) is 5.75 Å². The van der Waals surface area contributed by atoms with Gasteiger partial charge in [-0.25, -0.2) is 8.42 Å². The van der Waals surface area contributed by atoms with Crippen LogP contribution >= 0.6 is 0 Å². The molecule has 5 heteroatoms. The summed E-state index contributed by atoms with van der Waals surface area (Å²) in [4.78, 5) is 0.111. The van der Waals surface area contributed by atoms with Crippen LogP contribution in [0, 0.1) is 0 Å². The van der Waals surface area contributed by atoms with Crippen LogP contribution in [0.3, 0.4) is 0 Å². The smallest absolute Gasteiger partial charge is 0.176 e. The second kappa shape index (κ2) is 3.98. The van der Waals surface area contributed by atoms with E-state index in [1.165, 1.54) is 19.2 Å². The molecule has 1 rings (SSSR count).